The van der Waals surface area contributed by atoms with E-state index in [2.05, 4.69) is 22.6 Å². The first-order valence-corrected chi connectivity index (χ1v) is 7.09. The van der Waals surface area contributed by atoms with E-state index in [9.17, 15) is 9.59 Å². The van der Waals surface area contributed by atoms with Gasteiger partial charge in [0.2, 0.25) is 0 Å². The van der Waals surface area contributed by atoms with Gasteiger partial charge in [-0.05, 0) is 35.8 Å². The Morgan fingerprint density at radius 2 is 1.88 bits per heavy atom. The molecule has 17 heavy (non-hydrogen) atoms. The highest BCUT2D eigenvalue weighted by molar-refractivity contribution is 14.1. The second kappa shape index (κ2) is 8.22. The van der Waals surface area contributed by atoms with Crippen LogP contribution >= 0.6 is 22.6 Å². The molecule has 0 radical (unpaired) electrons. The lowest BCUT2D eigenvalue weighted by Crippen LogP contribution is -2.06. The van der Waals surface area contributed by atoms with E-state index in [-0.39, 0.29) is 5.97 Å². The number of carbonyl (C=O) groups is 2. The van der Waals surface area contributed by atoms with Crippen LogP contribution in [-0.4, -0.2) is 23.3 Å². The Morgan fingerprint density at radius 1 is 1.18 bits per heavy atom. The molecular formula is C13H15IO3. The summed E-state index contributed by atoms with van der Waals surface area (Å²) in [5.74, 6) is -0.322. The Morgan fingerprint density at radius 3 is 2.47 bits per heavy atom. The van der Waals surface area contributed by atoms with Crippen molar-refractivity contribution in [1.82, 2.24) is 0 Å². The summed E-state index contributed by atoms with van der Waals surface area (Å²) in [6.07, 6.45) is 3.90. The Bertz CT molecular complexity index is 359. The maximum absolute atomic E-state index is 11.6. The average Bonchev–Trinajstić information content (AvgIpc) is 2.38. The maximum Gasteiger partial charge on any atom is 0.338 e. The predicted octanol–water partition coefficient (Wildman–Crippen LogP) is 3.26. The molecule has 0 aliphatic rings. The summed E-state index contributed by atoms with van der Waals surface area (Å²) in [7, 11) is 0. The van der Waals surface area contributed by atoms with Crippen molar-refractivity contribution in [3.8, 4) is 0 Å². The number of carbonyl (C=O) groups excluding carboxylic acids is 2. The van der Waals surface area contributed by atoms with Gasteiger partial charge >= 0.3 is 5.97 Å². The summed E-state index contributed by atoms with van der Waals surface area (Å²) in [4.78, 5) is 22.0. The SMILES string of the molecule is O=Cc1ccc(C(=O)OCCCCCI)cc1. The van der Waals surface area contributed by atoms with E-state index in [0.717, 1.165) is 30.0 Å². The first-order chi connectivity index (χ1) is 8.27. The van der Waals surface area contributed by atoms with Crippen molar-refractivity contribution in [2.75, 3.05) is 11.0 Å². The highest BCUT2D eigenvalue weighted by Gasteiger charge is 2.06. The monoisotopic (exact) mass is 346 g/mol. The van der Waals surface area contributed by atoms with Crippen LogP contribution in [0.25, 0.3) is 0 Å². The van der Waals surface area contributed by atoms with Crippen molar-refractivity contribution < 1.29 is 14.3 Å². The van der Waals surface area contributed by atoms with Gasteiger partial charge in [0, 0.05) is 5.56 Å². The predicted molar refractivity (Wildman–Crippen MR) is 74.9 cm³/mol. The summed E-state index contributed by atoms with van der Waals surface area (Å²) in [6, 6.07) is 6.44. The number of esters is 1. The van der Waals surface area contributed by atoms with Crippen LogP contribution < -0.4 is 0 Å². The van der Waals surface area contributed by atoms with E-state index < -0.39 is 0 Å². The first-order valence-electron chi connectivity index (χ1n) is 5.56. The van der Waals surface area contributed by atoms with Gasteiger partial charge in [0.15, 0.2) is 0 Å². The minimum absolute atomic E-state index is 0.322. The number of ether oxygens (including phenoxy) is 1. The third kappa shape index (κ3) is 5.30. The fourth-order valence-corrected chi connectivity index (χ4v) is 1.86. The number of benzene rings is 1. The molecule has 0 saturated carbocycles. The van der Waals surface area contributed by atoms with Crippen LogP contribution in [0, 0.1) is 0 Å². The Kier molecular flexibility index (Phi) is 6.84. The zero-order chi connectivity index (χ0) is 12.5. The molecule has 3 nitrogen and oxygen atoms in total. The van der Waals surface area contributed by atoms with Crippen molar-refractivity contribution in [1.29, 1.82) is 0 Å². The molecule has 0 fully saturated rings. The molecule has 1 aromatic rings. The van der Waals surface area contributed by atoms with Gasteiger partial charge in [-0.1, -0.05) is 34.7 Å². The van der Waals surface area contributed by atoms with E-state index in [4.69, 9.17) is 4.74 Å². The van der Waals surface area contributed by atoms with Crippen LogP contribution in [-0.2, 0) is 4.74 Å². The molecule has 0 aliphatic heterocycles. The van der Waals surface area contributed by atoms with Crippen LogP contribution in [0.5, 0.6) is 0 Å². The van der Waals surface area contributed by atoms with E-state index in [1.54, 1.807) is 24.3 Å². The number of hydrogen-bond acceptors (Lipinski definition) is 3. The standard InChI is InChI=1S/C13H15IO3/c14-8-2-1-3-9-17-13(16)12-6-4-11(10-15)5-7-12/h4-7,10H,1-3,8-9H2. The molecular weight excluding hydrogens is 331 g/mol. The minimum atomic E-state index is -0.322. The van der Waals surface area contributed by atoms with Crippen molar-refractivity contribution in [3.63, 3.8) is 0 Å². The van der Waals surface area contributed by atoms with Gasteiger partial charge in [0.1, 0.15) is 6.29 Å². The van der Waals surface area contributed by atoms with Gasteiger partial charge in [-0.3, -0.25) is 4.79 Å². The molecule has 0 spiro atoms. The molecule has 0 amide bonds. The van der Waals surface area contributed by atoms with E-state index in [1.807, 2.05) is 0 Å². The second-order valence-electron chi connectivity index (χ2n) is 3.63. The number of unbranched alkanes of at least 4 members (excludes halogenated alkanes) is 2. The molecule has 1 aromatic carbocycles. The van der Waals surface area contributed by atoms with Crippen LogP contribution in [0.2, 0.25) is 0 Å². The summed E-state index contributed by atoms with van der Waals surface area (Å²) in [6.45, 7) is 0.463. The third-order valence-corrected chi connectivity index (χ3v) is 3.06. The highest BCUT2D eigenvalue weighted by atomic mass is 127. The zero-order valence-corrected chi connectivity index (χ0v) is 11.7. The van der Waals surface area contributed by atoms with Gasteiger partial charge in [-0.2, -0.15) is 0 Å². The summed E-state index contributed by atoms with van der Waals surface area (Å²) in [5, 5.41) is 0. The fraction of sp³-hybridized carbons (Fsp3) is 0.385. The molecule has 1 rings (SSSR count). The quantitative estimate of drug-likeness (QED) is 0.250. The molecule has 0 aromatic heterocycles. The molecule has 0 atom stereocenters. The molecule has 0 aliphatic carbocycles. The molecule has 4 heteroatoms. The highest BCUT2D eigenvalue weighted by Crippen LogP contribution is 2.06. The average molecular weight is 346 g/mol. The lowest BCUT2D eigenvalue weighted by atomic mass is 10.1. The summed E-state index contributed by atoms with van der Waals surface area (Å²) >= 11 is 2.33. The lowest BCUT2D eigenvalue weighted by Gasteiger charge is -2.04. The first kappa shape index (κ1) is 14.2. The van der Waals surface area contributed by atoms with Gasteiger partial charge in [0.25, 0.3) is 0 Å². The van der Waals surface area contributed by atoms with Crippen molar-refractivity contribution >= 4 is 34.8 Å². The van der Waals surface area contributed by atoms with Crippen molar-refractivity contribution in [3.05, 3.63) is 35.4 Å². The molecule has 0 bridgehead atoms. The summed E-state index contributed by atoms with van der Waals surface area (Å²) < 4.78 is 6.26. The Hall–Kier alpha value is -0.910. The van der Waals surface area contributed by atoms with E-state index >= 15 is 0 Å². The third-order valence-electron chi connectivity index (χ3n) is 2.29. The molecule has 0 unspecified atom stereocenters. The number of aldehydes is 1. The van der Waals surface area contributed by atoms with Gasteiger partial charge in [0.05, 0.1) is 12.2 Å². The van der Waals surface area contributed by atoms with Crippen LogP contribution in [0.1, 0.15) is 40.0 Å². The van der Waals surface area contributed by atoms with Crippen LogP contribution in [0.15, 0.2) is 24.3 Å². The van der Waals surface area contributed by atoms with E-state index in [1.165, 1.54) is 0 Å². The Labute approximate surface area is 115 Å². The minimum Gasteiger partial charge on any atom is -0.462 e. The summed E-state index contributed by atoms with van der Waals surface area (Å²) in [5.41, 5.74) is 1.05. The number of alkyl halides is 1. The van der Waals surface area contributed by atoms with Crippen LogP contribution in [0.3, 0.4) is 0 Å². The number of rotatable bonds is 7. The van der Waals surface area contributed by atoms with Gasteiger partial charge < -0.3 is 4.74 Å². The van der Waals surface area contributed by atoms with E-state index in [0.29, 0.717) is 17.7 Å². The molecule has 0 saturated heterocycles. The topological polar surface area (TPSA) is 43.4 Å². The fourth-order valence-electron chi connectivity index (χ4n) is 1.32. The smallest absolute Gasteiger partial charge is 0.338 e. The van der Waals surface area contributed by atoms with Crippen molar-refractivity contribution in [2.45, 2.75) is 19.3 Å². The van der Waals surface area contributed by atoms with Crippen LogP contribution in [0.4, 0.5) is 0 Å². The lowest BCUT2D eigenvalue weighted by molar-refractivity contribution is 0.0498. The molecule has 92 valence electrons. The second-order valence-corrected chi connectivity index (χ2v) is 4.70. The molecule has 0 N–H and O–H groups in total. The van der Waals surface area contributed by atoms with Gasteiger partial charge in [-0.15, -0.1) is 0 Å². The van der Waals surface area contributed by atoms with Crippen molar-refractivity contribution in [2.24, 2.45) is 0 Å². The molecule has 0 heterocycles. The number of hydrogen-bond donors (Lipinski definition) is 0. The van der Waals surface area contributed by atoms with Gasteiger partial charge in [-0.25, -0.2) is 4.79 Å². The largest absolute Gasteiger partial charge is 0.462 e. The Balaban J connectivity index is 2.33. The maximum atomic E-state index is 11.6. The number of halogens is 1. The zero-order valence-electron chi connectivity index (χ0n) is 9.52. The normalized spacial score (nSPS) is 9.94.